The van der Waals surface area contributed by atoms with Gasteiger partial charge in [0.2, 0.25) is 0 Å². The van der Waals surface area contributed by atoms with E-state index in [-0.39, 0.29) is 6.04 Å². The number of hydrogen-bond donors (Lipinski definition) is 2. The zero-order chi connectivity index (χ0) is 13.0. The van der Waals surface area contributed by atoms with Gasteiger partial charge < -0.3 is 20.2 Å². The van der Waals surface area contributed by atoms with Crippen LogP contribution in [0.15, 0.2) is 0 Å². The van der Waals surface area contributed by atoms with E-state index >= 15 is 0 Å². The first-order chi connectivity index (χ1) is 7.97. The lowest BCUT2D eigenvalue weighted by molar-refractivity contribution is -0.142. The summed E-state index contributed by atoms with van der Waals surface area (Å²) in [5.74, 6) is -0.350. The molecule has 3 unspecified atom stereocenters. The van der Waals surface area contributed by atoms with Crippen molar-refractivity contribution in [3.8, 4) is 0 Å². The Bertz CT molecular complexity index is 258. The van der Waals surface area contributed by atoms with Crippen LogP contribution in [-0.4, -0.2) is 74.2 Å². The monoisotopic (exact) mass is 243 g/mol. The summed E-state index contributed by atoms with van der Waals surface area (Å²) in [5, 5.41) is 12.2. The van der Waals surface area contributed by atoms with E-state index in [9.17, 15) is 9.90 Å². The topological polar surface area (TPSA) is 55.8 Å². The smallest absolute Gasteiger partial charge is 0.322 e. The van der Waals surface area contributed by atoms with Crippen molar-refractivity contribution < 1.29 is 9.90 Å². The number of aliphatic carboxylic acids is 1. The lowest BCUT2D eigenvalue weighted by Crippen LogP contribution is -2.57. The van der Waals surface area contributed by atoms with Crippen LogP contribution in [-0.2, 0) is 4.79 Å². The van der Waals surface area contributed by atoms with Crippen LogP contribution in [0.5, 0.6) is 0 Å². The first-order valence-electron chi connectivity index (χ1n) is 6.22. The molecule has 17 heavy (non-hydrogen) atoms. The van der Waals surface area contributed by atoms with Gasteiger partial charge in [-0.05, 0) is 53.5 Å². The van der Waals surface area contributed by atoms with Crippen molar-refractivity contribution in [2.24, 2.45) is 5.92 Å². The summed E-state index contributed by atoms with van der Waals surface area (Å²) in [7, 11) is 7.76. The standard InChI is InChI=1S/C12H25N3O2/c1-13-10(12(16)17)11(14(2)3)9-6-5-7-15(4)8-9/h9-11,13H,5-8H2,1-4H3,(H,16,17). The minimum absolute atomic E-state index is 0.0419. The average molecular weight is 243 g/mol. The van der Waals surface area contributed by atoms with Crippen LogP contribution in [0, 0.1) is 5.92 Å². The number of rotatable bonds is 5. The van der Waals surface area contributed by atoms with Crippen LogP contribution in [0.2, 0.25) is 0 Å². The highest BCUT2D eigenvalue weighted by molar-refractivity contribution is 5.74. The molecule has 0 saturated carbocycles. The normalized spacial score (nSPS) is 25.8. The third-order valence-electron chi connectivity index (χ3n) is 3.66. The van der Waals surface area contributed by atoms with Crippen LogP contribution >= 0.6 is 0 Å². The summed E-state index contributed by atoms with van der Waals surface area (Å²) in [4.78, 5) is 15.6. The molecule has 1 aliphatic heterocycles. The molecule has 0 aromatic rings. The predicted octanol–water partition coefficient (Wildman–Crippen LogP) is -0.0690. The fourth-order valence-electron chi connectivity index (χ4n) is 2.92. The third-order valence-corrected chi connectivity index (χ3v) is 3.66. The Morgan fingerprint density at radius 2 is 2.18 bits per heavy atom. The molecular formula is C12H25N3O2. The second kappa shape index (κ2) is 6.33. The van der Waals surface area contributed by atoms with Gasteiger partial charge in [0, 0.05) is 12.6 Å². The SMILES string of the molecule is CNC(C(=O)O)C(C1CCCN(C)C1)N(C)C. The maximum Gasteiger partial charge on any atom is 0.322 e. The van der Waals surface area contributed by atoms with Gasteiger partial charge in [0.15, 0.2) is 0 Å². The second-order valence-electron chi connectivity index (χ2n) is 5.22. The summed E-state index contributed by atoms with van der Waals surface area (Å²) in [6, 6.07) is -0.457. The molecule has 0 amide bonds. The van der Waals surface area contributed by atoms with Crippen LogP contribution in [0.3, 0.4) is 0 Å². The number of hydrogen-bond acceptors (Lipinski definition) is 4. The van der Waals surface area contributed by atoms with Gasteiger partial charge in [-0.2, -0.15) is 0 Å². The highest BCUT2D eigenvalue weighted by atomic mass is 16.4. The van der Waals surface area contributed by atoms with E-state index in [2.05, 4.69) is 17.3 Å². The molecule has 3 atom stereocenters. The minimum atomic E-state index is -0.764. The molecule has 0 aliphatic carbocycles. The molecule has 5 nitrogen and oxygen atoms in total. The van der Waals surface area contributed by atoms with E-state index < -0.39 is 12.0 Å². The Kier molecular flexibility index (Phi) is 5.36. The summed E-state index contributed by atoms with van der Waals surface area (Å²) >= 11 is 0. The number of nitrogens with zero attached hydrogens (tertiary/aromatic N) is 2. The molecule has 1 fully saturated rings. The van der Waals surface area contributed by atoms with Crippen molar-refractivity contribution in [1.29, 1.82) is 0 Å². The zero-order valence-corrected chi connectivity index (χ0v) is 11.3. The first-order valence-corrected chi connectivity index (χ1v) is 6.22. The fraction of sp³-hybridized carbons (Fsp3) is 0.917. The molecule has 100 valence electrons. The molecule has 1 rings (SSSR count). The van der Waals surface area contributed by atoms with Crippen molar-refractivity contribution in [1.82, 2.24) is 15.1 Å². The van der Waals surface area contributed by atoms with E-state index in [1.165, 1.54) is 0 Å². The number of carbonyl (C=O) groups is 1. The Morgan fingerprint density at radius 1 is 1.53 bits per heavy atom. The molecule has 5 heteroatoms. The molecule has 1 aliphatic rings. The maximum atomic E-state index is 11.3. The average Bonchev–Trinajstić information content (AvgIpc) is 2.24. The van der Waals surface area contributed by atoms with Gasteiger partial charge in [0.05, 0.1) is 0 Å². The van der Waals surface area contributed by atoms with Crippen LogP contribution in [0.25, 0.3) is 0 Å². The largest absolute Gasteiger partial charge is 0.480 e. The van der Waals surface area contributed by atoms with E-state index in [0.717, 1.165) is 25.9 Å². The Morgan fingerprint density at radius 3 is 2.59 bits per heavy atom. The van der Waals surface area contributed by atoms with Crippen LogP contribution in [0.4, 0.5) is 0 Å². The fourth-order valence-corrected chi connectivity index (χ4v) is 2.92. The number of likely N-dealkylation sites (tertiary alicyclic amines) is 1. The van der Waals surface area contributed by atoms with Gasteiger partial charge in [-0.3, -0.25) is 4.79 Å². The molecule has 0 bridgehead atoms. The molecule has 0 aromatic heterocycles. The minimum Gasteiger partial charge on any atom is -0.480 e. The molecule has 1 saturated heterocycles. The van der Waals surface area contributed by atoms with Crippen LogP contribution < -0.4 is 5.32 Å². The van der Waals surface area contributed by atoms with E-state index in [0.29, 0.717) is 5.92 Å². The van der Waals surface area contributed by atoms with Gasteiger partial charge >= 0.3 is 5.97 Å². The van der Waals surface area contributed by atoms with Crippen LogP contribution in [0.1, 0.15) is 12.8 Å². The summed E-state index contributed by atoms with van der Waals surface area (Å²) in [6.07, 6.45) is 2.26. The highest BCUT2D eigenvalue weighted by Crippen LogP contribution is 2.23. The number of carboxylic acid groups (broad SMARTS) is 1. The quantitative estimate of drug-likeness (QED) is 0.708. The van der Waals surface area contributed by atoms with Crippen molar-refractivity contribution in [3.05, 3.63) is 0 Å². The van der Waals surface area contributed by atoms with Crippen molar-refractivity contribution in [2.75, 3.05) is 41.3 Å². The number of likely N-dealkylation sites (N-methyl/N-ethyl adjacent to an activating group) is 2. The second-order valence-corrected chi connectivity index (χ2v) is 5.22. The lowest BCUT2D eigenvalue weighted by atomic mass is 9.86. The third kappa shape index (κ3) is 3.66. The Balaban J connectivity index is 2.80. The molecule has 0 aromatic carbocycles. The molecular weight excluding hydrogens is 218 g/mol. The number of carboxylic acids is 1. The zero-order valence-electron chi connectivity index (χ0n) is 11.3. The van der Waals surface area contributed by atoms with Gasteiger partial charge in [-0.1, -0.05) is 0 Å². The lowest BCUT2D eigenvalue weighted by Gasteiger charge is -2.40. The Labute approximate surface area is 104 Å². The van der Waals surface area contributed by atoms with E-state index in [1.807, 2.05) is 19.0 Å². The maximum absolute atomic E-state index is 11.3. The van der Waals surface area contributed by atoms with E-state index in [1.54, 1.807) is 7.05 Å². The highest BCUT2D eigenvalue weighted by Gasteiger charge is 2.36. The number of nitrogens with one attached hydrogen (secondary N) is 1. The van der Waals surface area contributed by atoms with Gasteiger partial charge in [-0.25, -0.2) is 0 Å². The summed E-state index contributed by atoms with van der Waals surface area (Å²) in [6.45, 7) is 2.10. The van der Waals surface area contributed by atoms with Gasteiger partial charge in [-0.15, -0.1) is 0 Å². The van der Waals surface area contributed by atoms with E-state index in [4.69, 9.17) is 0 Å². The van der Waals surface area contributed by atoms with Crippen molar-refractivity contribution in [3.63, 3.8) is 0 Å². The summed E-state index contributed by atoms with van der Waals surface area (Å²) < 4.78 is 0. The molecule has 0 radical (unpaired) electrons. The molecule has 0 spiro atoms. The number of piperidine rings is 1. The predicted molar refractivity (Wildman–Crippen MR) is 68.2 cm³/mol. The summed E-state index contributed by atoms with van der Waals surface area (Å²) in [5.41, 5.74) is 0. The first kappa shape index (κ1) is 14.4. The Hall–Kier alpha value is -0.650. The van der Waals surface area contributed by atoms with Crippen molar-refractivity contribution in [2.45, 2.75) is 24.9 Å². The van der Waals surface area contributed by atoms with Gasteiger partial charge in [0.25, 0.3) is 0 Å². The van der Waals surface area contributed by atoms with Crippen molar-refractivity contribution >= 4 is 5.97 Å². The van der Waals surface area contributed by atoms with Gasteiger partial charge in [0.1, 0.15) is 6.04 Å². The molecule has 1 heterocycles. The molecule has 2 N–H and O–H groups in total.